The lowest BCUT2D eigenvalue weighted by molar-refractivity contribution is 0.203. The quantitative estimate of drug-likeness (QED) is 0.808. The first-order valence-electron chi connectivity index (χ1n) is 6.69. The van der Waals surface area contributed by atoms with Crippen LogP contribution in [0.5, 0.6) is 0 Å². The molecule has 0 aliphatic rings. The Bertz CT molecular complexity index is 366. The monoisotopic (exact) mass is 250 g/mol. The van der Waals surface area contributed by atoms with E-state index >= 15 is 0 Å². The van der Waals surface area contributed by atoms with E-state index in [-0.39, 0.29) is 0 Å². The fourth-order valence-electron chi connectivity index (χ4n) is 2.26. The third-order valence-corrected chi connectivity index (χ3v) is 3.49. The number of aryl methyl sites for hydroxylation is 1. The van der Waals surface area contributed by atoms with Crippen LogP contribution in [0, 0.1) is 6.92 Å². The number of benzene rings is 1. The maximum atomic E-state index is 5.87. The van der Waals surface area contributed by atoms with Crippen LogP contribution in [0.3, 0.4) is 0 Å². The molecule has 1 unspecified atom stereocenters. The van der Waals surface area contributed by atoms with E-state index in [9.17, 15) is 0 Å². The molecule has 0 radical (unpaired) electrons. The Kier molecular flexibility index (Phi) is 6.16. The summed E-state index contributed by atoms with van der Waals surface area (Å²) in [6.45, 7) is 8.84. The van der Waals surface area contributed by atoms with Gasteiger partial charge >= 0.3 is 0 Å². The smallest absolute Gasteiger partial charge is 0.0637 e. The lowest BCUT2D eigenvalue weighted by Crippen LogP contribution is -2.36. The van der Waals surface area contributed by atoms with Crippen LogP contribution in [0.25, 0.3) is 0 Å². The lowest BCUT2D eigenvalue weighted by atomic mass is 10.0. The van der Waals surface area contributed by atoms with E-state index in [4.69, 9.17) is 10.5 Å². The van der Waals surface area contributed by atoms with E-state index in [1.54, 1.807) is 7.11 Å². The largest absolute Gasteiger partial charge is 0.383 e. The normalized spacial score (nSPS) is 12.5. The van der Waals surface area contributed by atoms with Crippen LogP contribution in [0.2, 0.25) is 0 Å². The van der Waals surface area contributed by atoms with Gasteiger partial charge in [0, 0.05) is 31.9 Å². The first kappa shape index (κ1) is 15.0. The second kappa shape index (κ2) is 7.39. The van der Waals surface area contributed by atoms with Crippen LogP contribution in [-0.4, -0.2) is 26.3 Å². The molecule has 1 atom stereocenters. The van der Waals surface area contributed by atoms with Gasteiger partial charge in [0.25, 0.3) is 0 Å². The number of ether oxygens (including phenoxy) is 1. The number of nitrogens with zero attached hydrogens (tertiary/aromatic N) is 1. The molecule has 0 heterocycles. The van der Waals surface area contributed by atoms with Crippen LogP contribution in [-0.2, 0) is 11.3 Å². The van der Waals surface area contributed by atoms with Crippen molar-refractivity contribution >= 4 is 5.69 Å². The number of rotatable bonds is 7. The van der Waals surface area contributed by atoms with Gasteiger partial charge < -0.3 is 15.4 Å². The molecule has 1 rings (SSSR count). The zero-order valence-corrected chi connectivity index (χ0v) is 12.1. The van der Waals surface area contributed by atoms with Crippen molar-refractivity contribution in [2.45, 2.75) is 39.8 Å². The highest BCUT2D eigenvalue weighted by atomic mass is 16.5. The molecule has 2 N–H and O–H groups in total. The molecule has 0 aliphatic heterocycles. The molecule has 0 saturated heterocycles. The number of para-hydroxylation sites is 1. The molecule has 0 saturated carbocycles. The summed E-state index contributed by atoms with van der Waals surface area (Å²) in [7, 11) is 1.75. The highest BCUT2D eigenvalue weighted by Crippen LogP contribution is 2.27. The second-order valence-electron chi connectivity index (χ2n) is 4.73. The summed E-state index contributed by atoms with van der Waals surface area (Å²) in [4.78, 5) is 2.42. The minimum absolute atomic E-state index is 0.492. The molecule has 0 aromatic heterocycles. The molecule has 102 valence electrons. The van der Waals surface area contributed by atoms with E-state index < -0.39 is 0 Å². The molecule has 3 heteroatoms. The summed E-state index contributed by atoms with van der Waals surface area (Å²) >= 11 is 0. The van der Waals surface area contributed by atoms with E-state index in [1.165, 1.54) is 16.8 Å². The summed E-state index contributed by atoms with van der Waals surface area (Å²) in [6.07, 6.45) is 1.11. The van der Waals surface area contributed by atoms with Crippen LogP contribution < -0.4 is 10.6 Å². The van der Waals surface area contributed by atoms with Gasteiger partial charge in [0.1, 0.15) is 0 Å². The third kappa shape index (κ3) is 3.47. The van der Waals surface area contributed by atoms with Crippen molar-refractivity contribution in [1.82, 2.24) is 0 Å². The van der Waals surface area contributed by atoms with Crippen molar-refractivity contribution in [1.29, 1.82) is 0 Å². The van der Waals surface area contributed by atoms with E-state index in [0.717, 1.165) is 19.6 Å². The van der Waals surface area contributed by atoms with Gasteiger partial charge in [-0.1, -0.05) is 25.1 Å². The predicted octanol–water partition coefficient (Wildman–Crippen LogP) is 2.71. The van der Waals surface area contributed by atoms with Crippen molar-refractivity contribution < 1.29 is 4.74 Å². The van der Waals surface area contributed by atoms with Crippen LogP contribution >= 0.6 is 0 Å². The van der Waals surface area contributed by atoms with Gasteiger partial charge in [-0.05, 0) is 31.4 Å². The molecule has 0 bridgehead atoms. The number of methoxy groups -OCH3 is 1. The minimum Gasteiger partial charge on any atom is -0.383 e. The van der Waals surface area contributed by atoms with Crippen LogP contribution in [0.1, 0.15) is 31.4 Å². The molecule has 1 aromatic rings. The molecule has 18 heavy (non-hydrogen) atoms. The van der Waals surface area contributed by atoms with Crippen molar-refractivity contribution in [3.63, 3.8) is 0 Å². The highest BCUT2D eigenvalue weighted by Gasteiger charge is 2.17. The number of anilines is 1. The van der Waals surface area contributed by atoms with Gasteiger partial charge in [0.2, 0.25) is 0 Å². The van der Waals surface area contributed by atoms with E-state index in [2.05, 4.69) is 43.9 Å². The molecule has 1 aromatic carbocycles. The zero-order chi connectivity index (χ0) is 13.5. The van der Waals surface area contributed by atoms with Gasteiger partial charge in [-0.15, -0.1) is 0 Å². The number of hydrogen-bond acceptors (Lipinski definition) is 3. The Labute approximate surface area is 111 Å². The summed E-state index contributed by atoms with van der Waals surface area (Å²) in [6, 6.07) is 6.83. The zero-order valence-electron chi connectivity index (χ0n) is 12.1. The summed E-state index contributed by atoms with van der Waals surface area (Å²) in [5, 5.41) is 0. The maximum Gasteiger partial charge on any atom is 0.0637 e. The number of nitrogens with two attached hydrogens (primary N) is 1. The molecule has 3 nitrogen and oxygen atoms in total. The van der Waals surface area contributed by atoms with E-state index in [1.807, 2.05) is 0 Å². The molecule has 0 aliphatic carbocycles. The standard InChI is InChI=1S/C15H26N2O/c1-5-13(3)17(9-10-18-4)15-12(2)7-6-8-14(15)11-16/h6-8,13H,5,9-11,16H2,1-4H3. The first-order chi connectivity index (χ1) is 8.65. The molecular formula is C15H26N2O. The average Bonchev–Trinajstić information content (AvgIpc) is 2.39. The summed E-state index contributed by atoms with van der Waals surface area (Å²) in [5.74, 6) is 0. The third-order valence-electron chi connectivity index (χ3n) is 3.49. The molecule has 0 amide bonds. The Morgan fingerprint density at radius 2 is 2.11 bits per heavy atom. The van der Waals surface area contributed by atoms with E-state index in [0.29, 0.717) is 12.6 Å². The highest BCUT2D eigenvalue weighted by molar-refractivity contribution is 5.60. The summed E-state index contributed by atoms with van der Waals surface area (Å²) in [5.41, 5.74) is 9.65. The fourth-order valence-corrected chi connectivity index (χ4v) is 2.26. The fraction of sp³-hybridized carbons (Fsp3) is 0.600. The van der Waals surface area contributed by atoms with Gasteiger partial charge in [0.05, 0.1) is 6.61 Å². The van der Waals surface area contributed by atoms with Gasteiger partial charge in [-0.3, -0.25) is 0 Å². The molecule has 0 fully saturated rings. The minimum atomic E-state index is 0.492. The molecular weight excluding hydrogens is 224 g/mol. The second-order valence-corrected chi connectivity index (χ2v) is 4.73. The van der Waals surface area contributed by atoms with Crippen LogP contribution in [0.15, 0.2) is 18.2 Å². The Balaban J connectivity index is 3.10. The van der Waals surface area contributed by atoms with Gasteiger partial charge in [0.15, 0.2) is 0 Å². The van der Waals surface area contributed by atoms with Crippen molar-refractivity contribution in [2.24, 2.45) is 5.73 Å². The molecule has 0 spiro atoms. The maximum absolute atomic E-state index is 5.87. The first-order valence-corrected chi connectivity index (χ1v) is 6.69. The number of hydrogen-bond donors (Lipinski definition) is 1. The lowest BCUT2D eigenvalue weighted by Gasteiger charge is -2.33. The van der Waals surface area contributed by atoms with Crippen molar-refractivity contribution in [3.05, 3.63) is 29.3 Å². The Morgan fingerprint density at radius 3 is 2.67 bits per heavy atom. The van der Waals surface area contributed by atoms with Gasteiger partial charge in [-0.2, -0.15) is 0 Å². The SMILES string of the molecule is CCC(C)N(CCOC)c1c(C)cccc1CN. The van der Waals surface area contributed by atoms with Crippen molar-refractivity contribution in [3.8, 4) is 0 Å². The Morgan fingerprint density at radius 1 is 1.39 bits per heavy atom. The summed E-state index contributed by atoms with van der Waals surface area (Å²) < 4.78 is 5.23. The van der Waals surface area contributed by atoms with Crippen molar-refractivity contribution in [2.75, 3.05) is 25.2 Å². The van der Waals surface area contributed by atoms with Crippen LogP contribution in [0.4, 0.5) is 5.69 Å². The van der Waals surface area contributed by atoms with Gasteiger partial charge in [-0.25, -0.2) is 0 Å². The predicted molar refractivity (Wildman–Crippen MR) is 78.0 cm³/mol. The topological polar surface area (TPSA) is 38.5 Å². The average molecular weight is 250 g/mol. The Hall–Kier alpha value is -1.06.